The number of sulfonamides is 1. The number of hydrogen-bond donors (Lipinski definition) is 1. The van der Waals surface area contributed by atoms with Crippen LogP contribution in [0.5, 0.6) is 0 Å². The molecule has 3 rings (SSSR count). The Labute approximate surface area is 135 Å². The molecule has 0 aliphatic heterocycles. The van der Waals surface area contributed by atoms with Crippen molar-refractivity contribution in [2.45, 2.75) is 18.9 Å². The fourth-order valence-corrected chi connectivity index (χ4v) is 3.58. The van der Waals surface area contributed by atoms with Gasteiger partial charge < -0.3 is 0 Å². The summed E-state index contributed by atoms with van der Waals surface area (Å²) in [6, 6.07) is 15.1. The Bertz CT molecular complexity index is 782. The Morgan fingerprint density at radius 1 is 1.04 bits per heavy atom. The van der Waals surface area contributed by atoms with E-state index in [0.29, 0.717) is 11.5 Å². The SMILES string of the molecule is O=S(=O)(/C=C/c1ccc(F)cc1)NC(c1ccccc1)C1CC1. The van der Waals surface area contributed by atoms with Crippen LogP contribution >= 0.6 is 0 Å². The Balaban J connectivity index is 1.75. The van der Waals surface area contributed by atoms with E-state index in [4.69, 9.17) is 0 Å². The third-order valence-electron chi connectivity index (χ3n) is 3.85. The molecule has 2 aromatic carbocycles. The number of benzene rings is 2. The quantitative estimate of drug-likeness (QED) is 0.873. The van der Waals surface area contributed by atoms with Crippen LogP contribution in [0.4, 0.5) is 4.39 Å². The van der Waals surface area contributed by atoms with E-state index in [9.17, 15) is 12.8 Å². The highest BCUT2D eigenvalue weighted by atomic mass is 32.2. The van der Waals surface area contributed by atoms with Crippen molar-refractivity contribution in [2.75, 3.05) is 0 Å². The molecule has 0 bridgehead atoms. The molecule has 0 aromatic heterocycles. The van der Waals surface area contributed by atoms with E-state index in [2.05, 4.69) is 4.72 Å². The van der Waals surface area contributed by atoms with Crippen molar-refractivity contribution in [3.05, 3.63) is 76.9 Å². The number of hydrogen-bond acceptors (Lipinski definition) is 2. The van der Waals surface area contributed by atoms with Crippen LogP contribution in [0.25, 0.3) is 6.08 Å². The molecule has 1 aliphatic carbocycles. The second kappa shape index (κ2) is 6.64. The Hall–Kier alpha value is -1.98. The van der Waals surface area contributed by atoms with Crippen molar-refractivity contribution in [3.8, 4) is 0 Å². The minimum Gasteiger partial charge on any atom is -0.208 e. The largest absolute Gasteiger partial charge is 0.234 e. The van der Waals surface area contributed by atoms with Crippen molar-refractivity contribution < 1.29 is 12.8 Å². The van der Waals surface area contributed by atoms with E-state index in [1.54, 1.807) is 0 Å². The lowest BCUT2D eigenvalue weighted by molar-refractivity contribution is 0.536. The van der Waals surface area contributed by atoms with Crippen molar-refractivity contribution in [1.82, 2.24) is 4.72 Å². The van der Waals surface area contributed by atoms with Gasteiger partial charge in [-0.3, -0.25) is 0 Å². The molecule has 2 aromatic rings. The van der Waals surface area contributed by atoms with Crippen LogP contribution in [-0.4, -0.2) is 8.42 Å². The Morgan fingerprint density at radius 2 is 1.70 bits per heavy atom. The lowest BCUT2D eigenvalue weighted by Crippen LogP contribution is -2.28. The molecule has 1 saturated carbocycles. The fourth-order valence-electron chi connectivity index (χ4n) is 2.48. The second-order valence-electron chi connectivity index (χ2n) is 5.74. The van der Waals surface area contributed by atoms with E-state index in [-0.39, 0.29) is 11.9 Å². The van der Waals surface area contributed by atoms with Gasteiger partial charge in [-0.2, -0.15) is 0 Å². The van der Waals surface area contributed by atoms with Gasteiger partial charge in [0, 0.05) is 11.4 Å². The monoisotopic (exact) mass is 331 g/mol. The zero-order chi connectivity index (χ0) is 16.3. The molecular weight excluding hydrogens is 313 g/mol. The highest BCUT2D eigenvalue weighted by Crippen LogP contribution is 2.41. The van der Waals surface area contributed by atoms with Crippen molar-refractivity contribution in [1.29, 1.82) is 0 Å². The first-order chi connectivity index (χ1) is 11.0. The normalized spacial score (nSPS) is 16.6. The van der Waals surface area contributed by atoms with Crippen LogP contribution in [0.3, 0.4) is 0 Å². The molecule has 1 aliphatic rings. The molecule has 0 heterocycles. The summed E-state index contributed by atoms with van der Waals surface area (Å²) in [4.78, 5) is 0. The number of rotatable bonds is 6. The summed E-state index contributed by atoms with van der Waals surface area (Å²) < 4.78 is 40.3. The average molecular weight is 331 g/mol. The third kappa shape index (κ3) is 4.50. The van der Waals surface area contributed by atoms with Gasteiger partial charge in [0.05, 0.1) is 0 Å². The molecule has 0 saturated heterocycles. The Morgan fingerprint density at radius 3 is 2.30 bits per heavy atom. The predicted octanol–water partition coefficient (Wildman–Crippen LogP) is 3.87. The highest BCUT2D eigenvalue weighted by Gasteiger charge is 2.34. The number of nitrogens with one attached hydrogen (secondary N) is 1. The van der Waals surface area contributed by atoms with Gasteiger partial charge >= 0.3 is 0 Å². The molecule has 1 atom stereocenters. The molecule has 1 unspecified atom stereocenters. The summed E-state index contributed by atoms with van der Waals surface area (Å²) in [6.45, 7) is 0. The molecule has 120 valence electrons. The zero-order valence-corrected chi connectivity index (χ0v) is 13.3. The van der Waals surface area contributed by atoms with E-state index in [0.717, 1.165) is 23.8 Å². The molecule has 1 fully saturated rings. The summed E-state index contributed by atoms with van der Waals surface area (Å²) in [6.07, 6.45) is 3.53. The first-order valence-electron chi connectivity index (χ1n) is 7.54. The molecule has 0 amide bonds. The Kier molecular flexibility index (Phi) is 4.59. The van der Waals surface area contributed by atoms with Crippen LogP contribution in [-0.2, 0) is 10.0 Å². The van der Waals surface area contributed by atoms with E-state index >= 15 is 0 Å². The molecule has 0 radical (unpaired) electrons. The topological polar surface area (TPSA) is 46.2 Å². The van der Waals surface area contributed by atoms with E-state index in [1.165, 1.54) is 30.3 Å². The lowest BCUT2D eigenvalue weighted by atomic mass is 10.0. The fraction of sp³-hybridized carbons (Fsp3) is 0.222. The van der Waals surface area contributed by atoms with Crippen molar-refractivity contribution in [3.63, 3.8) is 0 Å². The predicted molar refractivity (Wildman–Crippen MR) is 89.4 cm³/mol. The first kappa shape index (κ1) is 15.9. The molecular formula is C18H18FNO2S. The maximum absolute atomic E-state index is 12.9. The standard InChI is InChI=1S/C18H18FNO2S/c19-17-10-6-14(7-11-17)12-13-23(21,22)20-18(16-8-9-16)15-4-2-1-3-5-15/h1-7,10-13,16,18,20H,8-9H2/b13-12+. The summed E-state index contributed by atoms with van der Waals surface area (Å²) in [5.41, 5.74) is 1.62. The molecule has 5 heteroatoms. The van der Waals surface area contributed by atoms with Gasteiger partial charge in [-0.1, -0.05) is 42.5 Å². The van der Waals surface area contributed by atoms with E-state index in [1.807, 2.05) is 30.3 Å². The smallest absolute Gasteiger partial charge is 0.208 e. The third-order valence-corrected chi connectivity index (χ3v) is 4.93. The van der Waals surface area contributed by atoms with Gasteiger partial charge in [0.15, 0.2) is 0 Å². The maximum Gasteiger partial charge on any atom is 0.234 e. The summed E-state index contributed by atoms with van der Waals surface area (Å²) in [5.74, 6) is 0.00685. The summed E-state index contributed by atoms with van der Waals surface area (Å²) in [7, 11) is -3.57. The summed E-state index contributed by atoms with van der Waals surface area (Å²) >= 11 is 0. The lowest BCUT2D eigenvalue weighted by Gasteiger charge is -2.17. The average Bonchev–Trinajstić information content (AvgIpc) is 3.38. The molecule has 3 nitrogen and oxygen atoms in total. The zero-order valence-electron chi connectivity index (χ0n) is 12.5. The van der Waals surface area contributed by atoms with Gasteiger partial charge in [0.25, 0.3) is 0 Å². The van der Waals surface area contributed by atoms with Gasteiger partial charge in [-0.15, -0.1) is 0 Å². The summed E-state index contributed by atoms with van der Waals surface area (Å²) in [5, 5.41) is 1.14. The van der Waals surface area contributed by atoms with Crippen LogP contribution < -0.4 is 4.72 Å². The van der Waals surface area contributed by atoms with Crippen LogP contribution in [0.15, 0.2) is 60.0 Å². The van der Waals surface area contributed by atoms with Crippen LogP contribution in [0.1, 0.15) is 30.0 Å². The van der Waals surface area contributed by atoms with Gasteiger partial charge in [-0.05, 0) is 48.1 Å². The van der Waals surface area contributed by atoms with Crippen LogP contribution in [0, 0.1) is 11.7 Å². The van der Waals surface area contributed by atoms with Gasteiger partial charge in [0.1, 0.15) is 5.82 Å². The van der Waals surface area contributed by atoms with E-state index < -0.39 is 10.0 Å². The second-order valence-corrected chi connectivity index (χ2v) is 7.34. The van der Waals surface area contributed by atoms with Crippen LogP contribution in [0.2, 0.25) is 0 Å². The molecule has 1 N–H and O–H groups in total. The van der Waals surface area contributed by atoms with Gasteiger partial charge in [-0.25, -0.2) is 17.5 Å². The molecule has 0 spiro atoms. The van der Waals surface area contributed by atoms with Gasteiger partial charge in [0.2, 0.25) is 10.0 Å². The minimum absolute atomic E-state index is 0.195. The maximum atomic E-state index is 12.9. The number of halogens is 1. The molecule has 23 heavy (non-hydrogen) atoms. The van der Waals surface area contributed by atoms with Crippen molar-refractivity contribution >= 4 is 16.1 Å². The highest BCUT2D eigenvalue weighted by molar-refractivity contribution is 7.92. The minimum atomic E-state index is -3.57. The first-order valence-corrected chi connectivity index (χ1v) is 9.09. The van der Waals surface area contributed by atoms with Crippen molar-refractivity contribution in [2.24, 2.45) is 5.92 Å².